The molecule has 8 heteroatoms. The third kappa shape index (κ3) is 4.90. The largest absolute Gasteiger partial charge is 0.348 e. The summed E-state index contributed by atoms with van der Waals surface area (Å²) in [4.78, 5) is 26.4. The Hall–Kier alpha value is -1.41. The Kier molecular flexibility index (Phi) is 6.25. The van der Waals surface area contributed by atoms with Crippen molar-refractivity contribution in [1.82, 2.24) is 5.32 Å². The summed E-state index contributed by atoms with van der Waals surface area (Å²) >= 11 is 1.50. The van der Waals surface area contributed by atoms with Crippen molar-refractivity contribution in [2.24, 2.45) is 5.92 Å². The van der Waals surface area contributed by atoms with E-state index < -0.39 is 9.84 Å². The lowest BCUT2D eigenvalue weighted by Gasteiger charge is -2.19. The second-order valence-corrected chi connectivity index (χ2v) is 11.1. The maximum absolute atomic E-state index is 13.0. The Balaban J connectivity index is 1.83. The van der Waals surface area contributed by atoms with Gasteiger partial charge >= 0.3 is 0 Å². The summed E-state index contributed by atoms with van der Waals surface area (Å²) in [6.07, 6.45) is 5.41. The number of nitrogens with one attached hydrogen (secondary N) is 2. The summed E-state index contributed by atoms with van der Waals surface area (Å²) < 4.78 is 23.4. The molecule has 0 radical (unpaired) electrons. The second kappa shape index (κ2) is 8.31. The molecule has 0 aromatic carbocycles. The van der Waals surface area contributed by atoms with Gasteiger partial charge in [0.25, 0.3) is 5.91 Å². The zero-order chi connectivity index (χ0) is 19.6. The molecule has 1 aromatic rings. The maximum atomic E-state index is 13.0. The molecule has 2 heterocycles. The molecule has 3 rings (SSSR count). The molecule has 6 nitrogen and oxygen atoms in total. The van der Waals surface area contributed by atoms with Gasteiger partial charge in [0.2, 0.25) is 5.91 Å². The quantitative estimate of drug-likeness (QED) is 0.751. The van der Waals surface area contributed by atoms with Crippen molar-refractivity contribution in [1.29, 1.82) is 0 Å². The van der Waals surface area contributed by atoms with Crippen LogP contribution >= 0.6 is 11.3 Å². The van der Waals surface area contributed by atoms with Gasteiger partial charge in [-0.15, -0.1) is 11.3 Å². The van der Waals surface area contributed by atoms with Crippen LogP contribution in [0.3, 0.4) is 0 Å². The Bertz CT molecular complexity index is 829. The summed E-state index contributed by atoms with van der Waals surface area (Å²) in [5.74, 6) is 0.365. The van der Waals surface area contributed by atoms with E-state index in [-0.39, 0.29) is 29.4 Å². The van der Waals surface area contributed by atoms with Gasteiger partial charge in [-0.1, -0.05) is 20.3 Å². The third-order valence-corrected chi connectivity index (χ3v) is 8.25. The molecule has 150 valence electrons. The minimum Gasteiger partial charge on any atom is -0.348 e. The molecule has 2 amide bonds. The first kappa shape index (κ1) is 20.3. The van der Waals surface area contributed by atoms with E-state index in [9.17, 15) is 18.0 Å². The van der Waals surface area contributed by atoms with E-state index in [1.807, 2.05) is 6.92 Å². The Morgan fingerprint density at radius 2 is 2.04 bits per heavy atom. The van der Waals surface area contributed by atoms with E-state index in [0.717, 1.165) is 37.7 Å². The standard InChI is InChI=1S/C19H28N2O4S2/c1-3-4-5-16(22)21-19-17(14-7-6-12(2)10-15(14)26-19)18(23)20-13-8-9-27(24,25)11-13/h12-13H,3-11H2,1-2H3,(H,20,23)(H,21,22). The lowest BCUT2D eigenvalue weighted by atomic mass is 9.88. The van der Waals surface area contributed by atoms with Crippen LogP contribution in [0.15, 0.2) is 0 Å². The Morgan fingerprint density at radius 1 is 1.26 bits per heavy atom. The molecule has 2 aliphatic rings. The highest BCUT2D eigenvalue weighted by Gasteiger charge is 2.33. The first-order chi connectivity index (χ1) is 12.8. The number of amides is 2. The summed E-state index contributed by atoms with van der Waals surface area (Å²) in [6, 6.07) is -0.343. The van der Waals surface area contributed by atoms with E-state index in [2.05, 4.69) is 17.6 Å². The van der Waals surface area contributed by atoms with Crippen molar-refractivity contribution in [2.45, 2.75) is 64.8 Å². The van der Waals surface area contributed by atoms with Crippen molar-refractivity contribution < 1.29 is 18.0 Å². The normalized spacial score (nSPS) is 23.6. The van der Waals surface area contributed by atoms with Gasteiger partial charge in [0, 0.05) is 17.3 Å². The first-order valence-corrected chi connectivity index (χ1v) is 12.4. The van der Waals surface area contributed by atoms with Crippen LogP contribution in [-0.4, -0.2) is 37.8 Å². The number of thiophene rings is 1. The molecule has 1 aliphatic heterocycles. The smallest absolute Gasteiger partial charge is 0.254 e. The topological polar surface area (TPSA) is 92.3 Å². The van der Waals surface area contributed by atoms with Gasteiger partial charge in [-0.2, -0.15) is 0 Å². The zero-order valence-corrected chi connectivity index (χ0v) is 17.6. The van der Waals surface area contributed by atoms with Gasteiger partial charge in [0.1, 0.15) is 5.00 Å². The van der Waals surface area contributed by atoms with E-state index in [4.69, 9.17) is 0 Å². The van der Waals surface area contributed by atoms with Crippen molar-refractivity contribution in [3.05, 3.63) is 16.0 Å². The van der Waals surface area contributed by atoms with E-state index >= 15 is 0 Å². The lowest BCUT2D eigenvalue weighted by Crippen LogP contribution is -2.36. The molecular formula is C19H28N2O4S2. The maximum Gasteiger partial charge on any atom is 0.254 e. The van der Waals surface area contributed by atoms with Gasteiger partial charge in [-0.3, -0.25) is 9.59 Å². The first-order valence-electron chi connectivity index (χ1n) is 9.74. The fourth-order valence-electron chi connectivity index (χ4n) is 3.77. The number of fused-ring (bicyclic) bond motifs is 1. The molecule has 27 heavy (non-hydrogen) atoms. The Labute approximate surface area is 165 Å². The highest BCUT2D eigenvalue weighted by atomic mass is 32.2. The van der Waals surface area contributed by atoms with Crippen LogP contribution in [0.1, 0.15) is 66.8 Å². The molecular weight excluding hydrogens is 384 g/mol. The number of sulfone groups is 1. The molecule has 1 aromatic heterocycles. The van der Waals surface area contributed by atoms with Crippen LogP contribution in [0.25, 0.3) is 0 Å². The molecule has 0 spiro atoms. The van der Waals surface area contributed by atoms with Crippen LogP contribution in [-0.2, 0) is 27.5 Å². The number of unbranched alkanes of at least 4 members (excludes halogenated alkanes) is 1. The van der Waals surface area contributed by atoms with Crippen molar-refractivity contribution in [2.75, 3.05) is 16.8 Å². The highest BCUT2D eigenvalue weighted by Crippen LogP contribution is 2.40. The summed E-state index contributed by atoms with van der Waals surface area (Å²) in [5.41, 5.74) is 1.58. The van der Waals surface area contributed by atoms with Crippen LogP contribution in [0.4, 0.5) is 5.00 Å². The fraction of sp³-hybridized carbons (Fsp3) is 0.684. The molecule has 2 unspecified atom stereocenters. The molecule has 0 bridgehead atoms. The van der Waals surface area contributed by atoms with Crippen LogP contribution in [0, 0.1) is 5.92 Å². The summed E-state index contributed by atoms with van der Waals surface area (Å²) in [5, 5.41) is 6.45. The lowest BCUT2D eigenvalue weighted by molar-refractivity contribution is -0.116. The molecule has 2 N–H and O–H groups in total. The van der Waals surface area contributed by atoms with Gasteiger partial charge < -0.3 is 10.6 Å². The predicted molar refractivity (Wildman–Crippen MR) is 108 cm³/mol. The number of hydrogen-bond donors (Lipinski definition) is 2. The Morgan fingerprint density at radius 3 is 2.70 bits per heavy atom. The molecule has 1 saturated heterocycles. The minimum atomic E-state index is -3.06. The van der Waals surface area contributed by atoms with Gasteiger partial charge in [-0.05, 0) is 43.6 Å². The molecule has 1 fully saturated rings. The zero-order valence-electron chi connectivity index (χ0n) is 16.0. The van der Waals surface area contributed by atoms with E-state index in [1.54, 1.807) is 0 Å². The van der Waals surface area contributed by atoms with Crippen molar-refractivity contribution in [3.63, 3.8) is 0 Å². The van der Waals surface area contributed by atoms with Crippen molar-refractivity contribution in [3.8, 4) is 0 Å². The second-order valence-electron chi connectivity index (χ2n) is 7.78. The number of anilines is 1. The fourth-order valence-corrected chi connectivity index (χ4v) is 6.87. The summed E-state index contributed by atoms with van der Waals surface area (Å²) in [6.45, 7) is 4.23. The summed E-state index contributed by atoms with van der Waals surface area (Å²) in [7, 11) is -3.06. The molecule has 1 aliphatic carbocycles. The SMILES string of the molecule is CCCCC(=O)Nc1sc2c(c1C(=O)NC1CCS(=O)(=O)C1)CCC(C)C2. The van der Waals surface area contributed by atoms with Crippen LogP contribution in [0.2, 0.25) is 0 Å². The van der Waals surface area contributed by atoms with Crippen LogP contribution < -0.4 is 10.6 Å². The highest BCUT2D eigenvalue weighted by molar-refractivity contribution is 7.91. The monoisotopic (exact) mass is 412 g/mol. The number of hydrogen-bond acceptors (Lipinski definition) is 5. The molecule has 0 saturated carbocycles. The van der Waals surface area contributed by atoms with E-state index in [1.165, 1.54) is 16.2 Å². The molecule has 2 atom stereocenters. The average molecular weight is 413 g/mol. The number of carbonyl (C=O) groups is 2. The van der Waals surface area contributed by atoms with Crippen LogP contribution in [0.5, 0.6) is 0 Å². The number of rotatable bonds is 6. The van der Waals surface area contributed by atoms with Gasteiger partial charge in [-0.25, -0.2) is 8.42 Å². The van der Waals surface area contributed by atoms with E-state index in [0.29, 0.717) is 29.3 Å². The number of carbonyl (C=O) groups excluding carboxylic acids is 2. The van der Waals surface area contributed by atoms with Gasteiger partial charge in [0.05, 0.1) is 17.1 Å². The minimum absolute atomic E-state index is 0.000292. The van der Waals surface area contributed by atoms with Gasteiger partial charge in [0.15, 0.2) is 9.84 Å². The van der Waals surface area contributed by atoms with Crippen molar-refractivity contribution >= 4 is 38.0 Å². The third-order valence-electron chi connectivity index (χ3n) is 5.32. The predicted octanol–water partition coefficient (Wildman–Crippen LogP) is 2.92. The average Bonchev–Trinajstić information content (AvgIpc) is 3.11.